The summed E-state index contributed by atoms with van der Waals surface area (Å²) in [5.74, 6) is -0.326. The van der Waals surface area contributed by atoms with Crippen molar-refractivity contribution in [3.63, 3.8) is 0 Å². The number of aryl methyl sites for hydroxylation is 1. The molecule has 1 unspecified atom stereocenters. The summed E-state index contributed by atoms with van der Waals surface area (Å²) in [5.41, 5.74) is 1.02. The zero-order valence-corrected chi connectivity index (χ0v) is 16.2. The van der Waals surface area contributed by atoms with E-state index in [0.717, 1.165) is 18.5 Å². The summed E-state index contributed by atoms with van der Waals surface area (Å²) < 4.78 is 24.5. The highest BCUT2D eigenvalue weighted by Crippen LogP contribution is 2.12. The summed E-state index contributed by atoms with van der Waals surface area (Å²) in [6.45, 7) is 7.13. The summed E-state index contributed by atoms with van der Waals surface area (Å²) in [7, 11) is -3.39. The minimum atomic E-state index is -3.39. The Bertz CT molecular complexity index is 656. The number of nitrogens with one attached hydrogen (secondary N) is 2. The molecule has 0 spiro atoms. The third kappa shape index (κ3) is 6.44. The van der Waals surface area contributed by atoms with E-state index in [0.29, 0.717) is 12.6 Å². The van der Waals surface area contributed by atoms with Crippen LogP contribution in [-0.2, 0) is 14.6 Å². The van der Waals surface area contributed by atoms with Gasteiger partial charge in [0.1, 0.15) is 0 Å². The molecule has 1 fully saturated rings. The van der Waals surface area contributed by atoms with Crippen molar-refractivity contribution in [2.45, 2.75) is 56.9 Å². The van der Waals surface area contributed by atoms with Gasteiger partial charge in [0.05, 0.1) is 29.8 Å². The van der Waals surface area contributed by atoms with Crippen molar-refractivity contribution in [2.75, 3.05) is 25.4 Å². The van der Waals surface area contributed by atoms with Gasteiger partial charge in [-0.25, -0.2) is 8.42 Å². The van der Waals surface area contributed by atoms with Crippen molar-refractivity contribution < 1.29 is 18.1 Å². The lowest BCUT2D eigenvalue weighted by atomic mass is 10.0. The van der Waals surface area contributed by atoms with E-state index in [4.69, 9.17) is 0 Å². The Morgan fingerprint density at radius 2 is 1.96 bits per heavy atom. The van der Waals surface area contributed by atoms with Crippen LogP contribution < -0.4 is 10.2 Å². The van der Waals surface area contributed by atoms with E-state index in [-0.39, 0.29) is 23.0 Å². The molecule has 1 aromatic carbocycles. The average Bonchev–Trinajstić information content (AvgIpc) is 2.59. The van der Waals surface area contributed by atoms with E-state index < -0.39 is 9.84 Å². The molecule has 1 aliphatic heterocycles. The predicted molar refractivity (Wildman–Crippen MR) is 99.5 cm³/mol. The van der Waals surface area contributed by atoms with Crippen LogP contribution in [0.3, 0.4) is 0 Å². The van der Waals surface area contributed by atoms with E-state index in [1.807, 2.05) is 6.92 Å². The second-order valence-electron chi connectivity index (χ2n) is 7.14. The van der Waals surface area contributed by atoms with Gasteiger partial charge in [0.15, 0.2) is 9.84 Å². The van der Waals surface area contributed by atoms with Gasteiger partial charge in [0.25, 0.3) is 0 Å². The lowest BCUT2D eigenvalue weighted by Gasteiger charge is -2.30. The van der Waals surface area contributed by atoms with Crippen molar-refractivity contribution in [3.8, 4) is 0 Å². The third-order valence-electron chi connectivity index (χ3n) is 5.06. The fraction of sp³-hybridized carbons (Fsp3) is 0.632. The fourth-order valence-corrected chi connectivity index (χ4v) is 4.59. The number of quaternary nitrogens is 1. The number of sulfone groups is 1. The topological polar surface area (TPSA) is 67.7 Å². The molecule has 0 aliphatic carbocycles. The highest BCUT2D eigenvalue weighted by atomic mass is 32.2. The first kappa shape index (κ1) is 19.9. The SMILES string of the molecule is Cc1ccc(S(=O)(=O)CCC(=O)NCCC[NH+]2CCCC[C@H]2C)cc1. The number of hydrogen-bond donors (Lipinski definition) is 2. The number of hydrogen-bond acceptors (Lipinski definition) is 3. The molecule has 1 heterocycles. The smallest absolute Gasteiger partial charge is 0.221 e. The number of piperidine rings is 1. The maximum Gasteiger partial charge on any atom is 0.221 e. The van der Waals surface area contributed by atoms with Crippen LogP contribution >= 0.6 is 0 Å². The van der Waals surface area contributed by atoms with Gasteiger partial charge in [-0.15, -0.1) is 0 Å². The second-order valence-corrected chi connectivity index (χ2v) is 9.25. The van der Waals surface area contributed by atoms with Crippen LogP contribution in [0.4, 0.5) is 0 Å². The largest absolute Gasteiger partial charge is 0.356 e. The third-order valence-corrected chi connectivity index (χ3v) is 6.79. The maximum atomic E-state index is 12.2. The minimum absolute atomic E-state index is 0.0170. The molecule has 140 valence electrons. The first-order chi connectivity index (χ1) is 11.9. The highest BCUT2D eigenvalue weighted by Gasteiger charge is 2.21. The van der Waals surface area contributed by atoms with E-state index in [2.05, 4.69) is 12.2 Å². The van der Waals surface area contributed by atoms with Gasteiger partial charge in [0.2, 0.25) is 5.91 Å². The van der Waals surface area contributed by atoms with Gasteiger partial charge in [-0.1, -0.05) is 17.7 Å². The summed E-state index contributed by atoms with van der Waals surface area (Å²) >= 11 is 0. The van der Waals surface area contributed by atoms with Crippen molar-refractivity contribution >= 4 is 15.7 Å². The fourth-order valence-electron chi connectivity index (χ4n) is 3.35. The van der Waals surface area contributed by atoms with Crippen LogP contribution in [-0.4, -0.2) is 45.8 Å². The molecule has 1 aromatic rings. The first-order valence-electron chi connectivity index (χ1n) is 9.29. The Morgan fingerprint density at radius 1 is 1.24 bits per heavy atom. The Kier molecular flexibility index (Phi) is 7.44. The molecule has 0 bridgehead atoms. The second kappa shape index (κ2) is 9.34. The molecule has 5 nitrogen and oxygen atoms in total. The Hall–Kier alpha value is -1.40. The summed E-state index contributed by atoms with van der Waals surface area (Å²) in [5, 5.41) is 2.85. The van der Waals surface area contributed by atoms with E-state index >= 15 is 0 Å². The highest BCUT2D eigenvalue weighted by molar-refractivity contribution is 7.91. The maximum absolute atomic E-state index is 12.2. The molecule has 1 amide bonds. The standard InChI is InChI=1S/C19H30N2O3S/c1-16-7-9-18(10-8-16)25(23,24)15-11-19(22)20-12-5-14-21-13-4-3-6-17(21)2/h7-10,17H,3-6,11-15H2,1-2H3,(H,20,22)/p+1/t17-/m1/s1. The molecule has 0 saturated carbocycles. The molecule has 0 radical (unpaired) electrons. The molecule has 25 heavy (non-hydrogen) atoms. The van der Waals surface area contributed by atoms with Crippen molar-refractivity contribution in [1.82, 2.24) is 5.32 Å². The predicted octanol–water partition coefficient (Wildman–Crippen LogP) is 1.12. The zero-order chi connectivity index (χ0) is 18.3. The number of rotatable bonds is 8. The monoisotopic (exact) mass is 367 g/mol. The summed E-state index contributed by atoms with van der Waals surface area (Å²) in [4.78, 5) is 13.8. The van der Waals surface area contributed by atoms with E-state index in [1.165, 1.54) is 25.8 Å². The zero-order valence-electron chi connectivity index (χ0n) is 15.4. The molecule has 2 rings (SSSR count). The lowest BCUT2D eigenvalue weighted by molar-refractivity contribution is -0.928. The molecule has 2 atom stereocenters. The lowest BCUT2D eigenvalue weighted by Crippen LogP contribution is -3.16. The van der Waals surface area contributed by atoms with Crippen molar-refractivity contribution in [3.05, 3.63) is 29.8 Å². The van der Waals surface area contributed by atoms with Crippen LogP contribution in [0.5, 0.6) is 0 Å². The van der Waals surface area contributed by atoms with Crippen LogP contribution in [0.15, 0.2) is 29.2 Å². The molecule has 1 saturated heterocycles. The Balaban J connectivity index is 1.67. The molecule has 6 heteroatoms. The number of carbonyl (C=O) groups is 1. The number of amides is 1. The molecular formula is C19H31N2O3S+. The molecular weight excluding hydrogens is 336 g/mol. The van der Waals surface area contributed by atoms with Crippen LogP contribution in [0.1, 0.15) is 44.6 Å². The number of benzene rings is 1. The molecule has 0 aromatic heterocycles. The van der Waals surface area contributed by atoms with Gasteiger partial charge in [-0.05, 0) is 45.2 Å². The van der Waals surface area contributed by atoms with Gasteiger partial charge in [-0.2, -0.15) is 0 Å². The number of carbonyl (C=O) groups excluding carboxylic acids is 1. The van der Waals surface area contributed by atoms with Crippen LogP contribution in [0, 0.1) is 6.92 Å². The molecule has 1 aliphatic rings. The van der Waals surface area contributed by atoms with Crippen LogP contribution in [0.2, 0.25) is 0 Å². The average molecular weight is 368 g/mol. The number of likely N-dealkylation sites (tertiary alicyclic amines) is 1. The Labute approximate surface area is 151 Å². The van der Waals surface area contributed by atoms with Crippen molar-refractivity contribution in [2.24, 2.45) is 0 Å². The molecule has 2 N–H and O–H groups in total. The summed E-state index contributed by atoms with van der Waals surface area (Å²) in [6, 6.07) is 7.47. The summed E-state index contributed by atoms with van der Waals surface area (Å²) in [6.07, 6.45) is 4.87. The van der Waals surface area contributed by atoms with Gasteiger partial charge < -0.3 is 10.2 Å². The van der Waals surface area contributed by atoms with Gasteiger partial charge in [-0.3, -0.25) is 4.79 Å². The van der Waals surface area contributed by atoms with E-state index in [9.17, 15) is 13.2 Å². The van der Waals surface area contributed by atoms with E-state index in [1.54, 1.807) is 29.2 Å². The minimum Gasteiger partial charge on any atom is -0.356 e. The normalized spacial score (nSPS) is 21.0. The first-order valence-corrected chi connectivity index (χ1v) is 10.9. The van der Waals surface area contributed by atoms with Gasteiger partial charge in [0, 0.05) is 19.4 Å². The van der Waals surface area contributed by atoms with Crippen LogP contribution in [0.25, 0.3) is 0 Å². The van der Waals surface area contributed by atoms with Crippen molar-refractivity contribution in [1.29, 1.82) is 0 Å². The Morgan fingerprint density at radius 3 is 2.64 bits per heavy atom. The quantitative estimate of drug-likeness (QED) is 0.677. The van der Waals surface area contributed by atoms with Gasteiger partial charge >= 0.3 is 0 Å².